The lowest BCUT2D eigenvalue weighted by Gasteiger charge is -2.32. The van der Waals surface area contributed by atoms with E-state index >= 15 is 0 Å². The number of likely N-dealkylation sites (tertiary alicyclic amines) is 1. The van der Waals surface area contributed by atoms with Gasteiger partial charge < -0.3 is 24.3 Å². The van der Waals surface area contributed by atoms with Crippen LogP contribution in [0.15, 0.2) is 72.9 Å². The highest BCUT2D eigenvalue weighted by Gasteiger charge is 2.29. The van der Waals surface area contributed by atoms with Crippen LogP contribution in [0, 0.1) is 0 Å². The summed E-state index contributed by atoms with van der Waals surface area (Å²) in [5, 5.41) is 2.97. The molecule has 5 rings (SSSR count). The van der Waals surface area contributed by atoms with Crippen molar-refractivity contribution >= 4 is 23.1 Å². The Kier molecular flexibility index (Phi) is 6.81. The van der Waals surface area contributed by atoms with Crippen LogP contribution in [0.1, 0.15) is 34.9 Å². The molecule has 0 saturated carbocycles. The van der Waals surface area contributed by atoms with E-state index < -0.39 is 0 Å². The van der Waals surface area contributed by atoms with Gasteiger partial charge in [0.25, 0.3) is 5.91 Å². The first-order chi connectivity index (χ1) is 17.9. The van der Waals surface area contributed by atoms with Crippen LogP contribution in [0.4, 0.5) is 10.5 Å². The highest BCUT2D eigenvalue weighted by molar-refractivity contribution is 5.96. The normalized spacial score (nSPS) is 15.4. The van der Waals surface area contributed by atoms with E-state index in [-0.39, 0.29) is 17.9 Å². The first-order valence-corrected chi connectivity index (χ1v) is 12.4. The number of hydrogen-bond acceptors (Lipinski definition) is 4. The number of carbonyl (C=O) groups is 2. The lowest BCUT2D eigenvalue weighted by Crippen LogP contribution is -2.42. The Hall–Kier alpha value is -4.33. The Morgan fingerprint density at radius 3 is 2.70 bits per heavy atom. The first-order valence-electron chi connectivity index (χ1n) is 12.4. The maximum atomic E-state index is 13.2. The van der Waals surface area contributed by atoms with E-state index in [1.165, 1.54) is 4.90 Å². The summed E-state index contributed by atoms with van der Waals surface area (Å²) in [5.41, 5.74) is 4.06. The third-order valence-corrected chi connectivity index (χ3v) is 6.76. The molecular weight excluding hydrogens is 466 g/mol. The van der Waals surface area contributed by atoms with Gasteiger partial charge in [-0.25, -0.2) is 9.78 Å². The Labute approximate surface area is 216 Å². The molecule has 0 radical (unpaired) electrons. The third kappa shape index (κ3) is 5.00. The summed E-state index contributed by atoms with van der Waals surface area (Å²) < 4.78 is 7.56. The summed E-state index contributed by atoms with van der Waals surface area (Å²) in [6.45, 7) is 1.23. The number of ether oxygens (including phenoxy) is 1. The van der Waals surface area contributed by atoms with Crippen molar-refractivity contribution in [1.29, 1.82) is 0 Å². The fraction of sp³-hybridized carbons (Fsp3) is 0.276. The van der Waals surface area contributed by atoms with Gasteiger partial charge in [0.15, 0.2) is 0 Å². The van der Waals surface area contributed by atoms with E-state index in [9.17, 15) is 9.59 Å². The fourth-order valence-electron chi connectivity index (χ4n) is 4.90. The number of amides is 3. The maximum absolute atomic E-state index is 13.2. The SMILES string of the molecule is COc1cccc(-c2nc(C3CCCN(C(=O)Nc4cccc(C(=O)N(C)C)c4)C3)n3ccccc23)c1. The number of aromatic nitrogens is 2. The van der Waals surface area contributed by atoms with Crippen LogP contribution in [0.25, 0.3) is 16.8 Å². The second-order valence-corrected chi connectivity index (χ2v) is 9.50. The second kappa shape index (κ2) is 10.3. The van der Waals surface area contributed by atoms with E-state index in [2.05, 4.69) is 15.8 Å². The molecule has 190 valence electrons. The van der Waals surface area contributed by atoms with Crippen molar-refractivity contribution < 1.29 is 14.3 Å². The van der Waals surface area contributed by atoms with Gasteiger partial charge in [0, 0.05) is 56.1 Å². The minimum Gasteiger partial charge on any atom is -0.497 e. The lowest BCUT2D eigenvalue weighted by molar-refractivity contribution is 0.0827. The summed E-state index contributed by atoms with van der Waals surface area (Å²) in [4.78, 5) is 34.0. The van der Waals surface area contributed by atoms with Crippen molar-refractivity contribution in [2.24, 2.45) is 0 Å². The molecule has 37 heavy (non-hydrogen) atoms. The predicted octanol–water partition coefficient (Wildman–Crippen LogP) is 5.12. The molecule has 1 atom stereocenters. The van der Waals surface area contributed by atoms with E-state index in [1.54, 1.807) is 45.5 Å². The number of carbonyl (C=O) groups excluding carboxylic acids is 2. The molecule has 8 heteroatoms. The Bertz CT molecular complexity index is 1440. The molecule has 1 saturated heterocycles. The van der Waals surface area contributed by atoms with Crippen LogP contribution in [0.3, 0.4) is 0 Å². The molecule has 1 aliphatic rings. The van der Waals surface area contributed by atoms with Crippen molar-refractivity contribution in [2.75, 3.05) is 39.6 Å². The number of piperidine rings is 1. The summed E-state index contributed by atoms with van der Waals surface area (Å²) in [6, 6.07) is 20.9. The zero-order valence-corrected chi connectivity index (χ0v) is 21.3. The number of methoxy groups -OCH3 is 1. The van der Waals surface area contributed by atoms with E-state index in [4.69, 9.17) is 9.72 Å². The number of rotatable bonds is 5. The summed E-state index contributed by atoms with van der Waals surface area (Å²) >= 11 is 0. The van der Waals surface area contributed by atoms with Gasteiger partial charge in [-0.1, -0.05) is 24.3 Å². The van der Waals surface area contributed by atoms with Crippen molar-refractivity contribution in [3.8, 4) is 17.0 Å². The highest BCUT2D eigenvalue weighted by atomic mass is 16.5. The first kappa shape index (κ1) is 24.4. The molecule has 1 unspecified atom stereocenters. The van der Waals surface area contributed by atoms with Gasteiger partial charge in [-0.05, 0) is 55.3 Å². The molecule has 2 aromatic heterocycles. The van der Waals surface area contributed by atoms with E-state index in [1.807, 2.05) is 47.5 Å². The van der Waals surface area contributed by atoms with Crippen LogP contribution in [0.5, 0.6) is 5.75 Å². The molecule has 3 amide bonds. The van der Waals surface area contributed by atoms with Gasteiger partial charge >= 0.3 is 6.03 Å². The zero-order valence-electron chi connectivity index (χ0n) is 21.3. The summed E-state index contributed by atoms with van der Waals surface area (Å²) in [5.74, 6) is 1.72. The number of benzene rings is 2. The van der Waals surface area contributed by atoms with Gasteiger partial charge in [0.05, 0.1) is 18.3 Å². The predicted molar refractivity (Wildman–Crippen MR) is 144 cm³/mol. The maximum Gasteiger partial charge on any atom is 0.321 e. The largest absolute Gasteiger partial charge is 0.497 e. The highest BCUT2D eigenvalue weighted by Crippen LogP contribution is 2.33. The number of imidazole rings is 1. The molecule has 3 heterocycles. The number of nitrogens with one attached hydrogen (secondary N) is 1. The van der Waals surface area contributed by atoms with Gasteiger partial charge in [0.2, 0.25) is 0 Å². The molecule has 0 spiro atoms. The molecule has 1 aliphatic heterocycles. The van der Waals surface area contributed by atoms with Gasteiger partial charge in [0.1, 0.15) is 11.6 Å². The average Bonchev–Trinajstić information content (AvgIpc) is 3.32. The Balaban J connectivity index is 1.38. The van der Waals surface area contributed by atoms with E-state index in [0.29, 0.717) is 24.3 Å². The topological polar surface area (TPSA) is 79.2 Å². The third-order valence-electron chi connectivity index (χ3n) is 6.76. The monoisotopic (exact) mass is 497 g/mol. The lowest BCUT2D eigenvalue weighted by atomic mass is 9.97. The fourth-order valence-corrected chi connectivity index (χ4v) is 4.90. The van der Waals surface area contributed by atoms with Crippen molar-refractivity contribution in [2.45, 2.75) is 18.8 Å². The van der Waals surface area contributed by atoms with Crippen molar-refractivity contribution in [3.05, 3.63) is 84.3 Å². The molecule has 0 bridgehead atoms. The Morgan fingerprint density at radius 2 is 1.89 bits per heavy atom. The zero-order chi connectivity index (χ0) is 25.9. The van der Waals surface area contributed by atoms with Gasteiger partial charge in [-0.2, -0.15) is 0 Å². The van der Waals surface area contributed by atoms with Crippen LogP contribution in [-0.2, 0) is 0 Å². The van der Waals surface area contributed by atoms with Gasteiger partial charge in [-0.15, -0.1) is 0 Å². The molecule has 2 aromatic carbocycles. The number of hydrogen-bond donors (Lipinski definition) is 1. The van der Waals surface area contributed by atoms with Crippen LogP contribution >= 0.6 is 0 Å². The Morgan fingerprint density at radius 1 is 1.05 bits per heavy atom. The summed E-state index contributed by atoms with van der Waals surface area (Å²) in [7, 11) is 5.08. The molecular formula is C29H31N5O3. The molecule has 4 aromatic rings. The van der Waals surface area contributed by atoms with Crippen LogP contribution in [-0.4, -0.2) is 65.4 Å². The molecule has 1 N–H and O–H groups in total. The standard InChI is InChI=1S/C29H31N5O3/c1-32(2)28(35)21-10-6-12-23(17-21)30-29(36)33-15-8-11-22(19-33)27-31-26(25-14-4-5-16-34(25)27)20-9-7-13-24(18-20)37-3/h4-7,9-10,12-14,16-18,22H,8,11,15,19H2,1-3H3,(H,30,36). The molecule has 8 nitrogen and oxygen atoms in total. The van der Waals surface area contributed by atoms with Crippen LogP contribution < -0.4 is 10.1 Å². The van der Waals surface area contributed by atoms with Gasteiger partial charge in [-0.3, -0.25) is 4.79 Å². The smallest absolute Gasteiger partial charge is 0.321 e. The molecule has 0 aliphatic carbocycles. The number of fused-ring (bicyclic) bond motifs is 1. The van der Waals surface area contributed by atoms with Crippen molar-refractivity contribution in [1.82, 2.24) is 19.2 Å². The number of nitrogens with zero attached hydrogens (tertiary/aromatic N) is 4. The second-order valence-electron chi connectivity index (χ2n) is 9.50. The van der Waals surface area contributed by atoms with E-state index in [0.717, 1.165) is 41.2 Å². The van der Waals surface area contributed by atoms with Crippen molar-refractivity contribution in [3.63, 3.8) is 0 Å². The number of urea groups is 1. The molecule has 1 fully saturated rings. The minimum absolute atomic E-state index is 0.0930. The summed E-state index contributed by atoms with van der Waals surface area (Å²) in [6.07, 6.45) is 3.86. The van der Waals surface area contributed by atoms with Crippen LogP contribution in [0.2, 0.25) is 0 Å². The minimum atomic E-state index is -0.173. The quantitative estimate of drug-likeness (QED) is 0.415. The number of pyridine rings is 1. The average molecular weight is 498 g/mol. The number of anilines is 1.